The molecule has 0 spiro atoms. The number of aromatic hydroxyl groups is 1. The molecule has 0 saturated heterocycles. The van der Waals surface area contributed by atoms with Crippen molar-refractivity contribution in [1.29, 1.82) is 0 Å². The van der Waals surface area contributed by atoms with Gasteiger partial charge in [0, 0.05) is 6.07 Å². The van der Waals surface area contributed by atoms with Crippen molar-refractivity contribution >= 4 is 11.7 Å². The lowest BCUT2D eigenvalue weighted by molar-refractivity contribution is 0.0592. The average molecular weight is 203 g/mol. The maximum atomic E-state index is 13.1. The van der Waals surface area contributed by atoms with Crippen LogP contribution in [0.15, 0.2) is 6.07 Å². The molecule has 0 aliphatic heterocycles. The predicted molar refractivity (Wildman–Crippen MR) is 43.8 cm³/mol. The third-order valence-corrected chi connectivity index (χ3v) is 1.62. The topological polar surface area (TPSA) is 72.5 Å². The molecule has 0 bridgehead atoms. The number of benzene rings is 1. The van der Waals surface area contributed by atoms with E-state index in [2.05, 4.69) is 4.74 Å². The zero-order valence-electron chi connectivity index (χ0n) is 7.17. The Balaban J connectivity index is 3.44. The highest BCUT2D eigenvalue weighted by atomic mass is 19.1. The fourth-order valence-electron chi connectivity index (χ4n) is 0.918. The number of hydrogen-bond donors (Lipinski definition) is 2. The van der Waals surface area contributed by atoms with Gasteiger partial charge in [-0.15, -0.1) is 0 Å². The number of phenols is 1. The van der Waals surface area contributed by atoms with Crippen LogP contribution in [-0.4, -0.2) is 18.2 Å². The van der Waals surface area contributed by atoms with Crippen LogP contribution in [0.2, 0.25) is 0 Å². The van der Waals surface area contributed by atoms with Crippen LogP contribution in [-0.2, 0) is 4.74 Å². The monoisotopic (exact) mass is 203 g/mol. The number of esters is 1. The SMILES string of the molecule is COC(=O)c1c(O)cc(F)c(N)c1F. The molecule has 0 aliphatic rings. The van der Waals surface area contributed by atoms with E-state index >= 15 is 0 Å². The summed E-state index contributed by atoms with van der Waals surface area (Å²) in [7, 11) is 1.00. The van der Waals surface area contributed by atoms with Crippen LogP contribution < -0.4 is 5.73 Å². The van der Waals surface area contributed by atoms with Crippen LogP contribution in [0.4, 0.5) is 14.5 Å². The van der Waals surface area contributed by atoms with Gasteiger partial charge in [-0.05, 0) is 0 Å². The number of halogens is 2. The molecule has 0 radical (unpaired) electrons. The van der Waals surface area contributed by atoms with Crippen LogP contribution in [0.5, 0.6) is 5.75 Å². The Morgan fingerprint density at radius 2 is 2.14 bits per heavy atom. The molecule has 0 heterocycles. The van der Waals surface area contributed by atoms with E-state index in [1.54, 1.807) is 0 Å². The molecule has 14 heavy (non-hydrogen) atoms. The molecule has 0 fully saturated rings. The molecule has 0 aromatic heterocycles. The van der Waals surface area contributed by atoms with E-state index in [-0.39, 0.29) is 0 Å². The van der Waals surface area contributed by atoms with E-state index in [4.69, 9.17) is 10.8 Å². The number of carbonyl (C=O) groups is 1. The normalized spacial score (nSPS) is 9.93. The smallest absolute Gasteiger partial charge is 0.344 e. The van der Waals surface area contributed by atoms with Gasteiger partial charge >= 0.3 is 5.97 Å². The summed E-state index contributed by atoms with van der Waals surface area (Å²) in [6, 6.07) is 0.546. The lowest BCUT2D eigenvalue weighted by Gasteiger charge is -2.06. The lowest BCUT2D eigenvalue weighted by atomic mass is 10.1. The Bertz CT molecular complexity index is 393. The van der Waals surface area contributed by atoms with E-state index in [9.17, 15) is 13.6 Å². The first kappa shape index (κ1) is 10.2. The van der Waals surface area contributed by atoms with E-state index in [1.807, 2.05) is 0 Å². The Morgan fingerprint density at radius 3 is 2.64 bits per heavy atom. The molecule has 4 nitrogen and oxygen atoms in total. The molecule has 1 rings (SSSR count). The van der Waals surface area contributed by atoms with Crippen molar-refractivity contribution in [1.82, 2.24) is 0 Å². The van der Waals surface area contributed by atoms with Crippen molar-refractivity contribution in [2.24, 2.45) is 0 Å². The molecule has 0 amide bonds. The van der Waals surface area contributed by atoms with Crippen molar-refractivity contribution in [3.8, 4) is 5.75 Å². The van der Waals surface area contributed by atoms with Crippen LogP contribution in [0, 0.1) is 11.6 Å². The van der Waals surface area contributed by atoms with Crippen LogP contribution in [0.25, 0.3) is 0 Å². The summed E-state index contributed by atoms with van der Waals surface area (Å²) in [5.74, 6) is -4.42. The van der Waals surface area contributed by atoms with E-state index in [0.29, 0.717) is 6.07 Å². The highest BCUT2D eigenvalue weighted by molar-refractivity contribution is 5.93. The van der Waals surface area contributed by atoms with E-state index in [1.165, 1.54) is 0 Å². The summed E-state index contributed by atoms with van der Waals surface area (Å²) in [5.41, 5.74) is 3.37. The third-order valence-electron chi connectivity index (χ3n) is 1.62. The fourth-order valence-corrected chi connectivity index (χ4v) is 0.918. The largest absolute Gasteiger partial charge is 0.507 e. The van der Waals surface area contributed by atoms with Crippen molar-refractivity contribution < 1.29 is 23.4 Å². The maximum Gasteiger partial charge on any atom is 0.344 e. The van der Waals surface area contributed by atoms with Gasteiger partial charge in [0.15, 0.2) is 11.6 Å². The first-order valence-corrected chi connectivity index (χ1v) is 3.53. The highest BCUT2D eigenvalue weighted by Crippen LogP contribution is 2.28. The lowest BCUT2D eigenvalue weighted by Crippen LogP contribution is -2.08. The summed E-state index contributed by atoms with van der Waals surface area (Å²) in [4.78, 5) is 10.9. The van der Waals surface area contributed by atoms with Crippen molar-refractivity contribution in [3.63, 3.8) is 0 Å². The molecular weight excluding hydrogens is 196 g/mol. The van der Waals surface area contributed by atoms with Gasteiger partial charge in [0.05, 0.1) is 7.11 Å². The van der Waals surface area contributed by atoms with Crippen LogP contribution in [0.1, 0.15) is 10.4 Å². The zero-order chi connectivity index (χ0) is 10.9. The first-order valence-electron chi connectivity index (χ1n) is 3.53. The number of methoxy groups -OCH3 is 1. The van der Waals surface area contributed by atoms with Gasteiger partial charge in [-0.25, -0.2) is 13.6 Å². The van der Waals surface area contributed by atoms with Crippen LogP contribution in [0.3, 0.4) is 0 Å². The molecular formula is C8H7F2NO3. The van der Waals surface area contributed by atoms with Gasteiger partial charge in [-0.1, -0.05) is 0 Å². The van der Waals surface area contributed by atoms with Gasteiger partial charge in [-0.3, -0.25) is 0 Å². The minimum absolute atomic E-state index is 0.546. The molecule has 1 aromatic rings. The highest BCUT2D eigenvalue weighted by Gasteiger charge is 2.22. The Hall–Kier alpha value is -1.85. The predicted octanol–water partition coefficient (Wildman–Crippen LogP) is 1.04. The number of carbonyl (C=O) groups excluding carboxylic acids is 1. The molecule has 0 aliphatic carbocycles. The number of nitrogen functional groups attached to an aromatic ring is 1. The number of anilines is 1. The van der Waals surface area contributed by atoms with Crippen LogP contribution >= 0.6 is 0 Å². The quantitative estimate of drug-likeness (QED) is 0.406. The minimum Gasteiger partial charge on any atom is -0.507 e. The Morgan fingerprint density at radius 1 is 1.57 bits per heavy atom. The number of nitrogens with two attached hydrogens (primary N) is 1. The van der Waals surface area contributed by atoms with Crippen molar-refractivity contribution in [2.45, 2.75) is 0 Å². The van der Waals surface area contributed by atoms with E-state index < -0.39 is 34.6 Å². The summed E-state index contributed by atoms with van der Waals surface area (Å²) in [6.45, 7) is 0. The molecule has 6 heteroatoms. The zero-order valence-corrected chi connectivity index (χ0v) is 7.17. The second-order valence-electron chi connectivity index (χ2n) is 2.47. The second kappa shape index (κ2) is 3.49. The van der Waals surface area contributed by atoms with Gasteiger partial charge in [0.1, 0.15) is 17.0 Å². The number of ether oxygens (including phenoxy) is 1. The summed E-state index contributed by atoms with van der Waals surface area (Å²) in [6.07, 6.45) is 0. The van der Waals surface area contributed by atoms with Gasteiger partial charge < -0.3 is 15.6 Å². The second-order valence-corrected chi connectivity index (χ2v) is 2.47. The molecule has 0 atom stereocenters. The maximum absolute atomic E-state index is 13.1. The van der Waals surface area contributed by atoms with Crippen molar-refractivity contribution in [2.75, 3.05) is 12.8 Å². The fraction of sp³-hybridized carbons (Fsp3) is 0.125. The van der Waals surface area contributed by atoms with Gasteiger partial charge in [-0.2, -0.15) is 0 Å². The number of hydrogen-bond acceptors (Lipinski definition) is 4. The average Bonchev–Trinajstić information content (AvgIpc) is 2.14. The standard InChI is InChI=1S/C8H7F2NO3/c1-14-8(13)5-4(12)2-3(9)7(11)6(5)10/h2,12H,11H2,1H3. The van der Waals surface area contributed by atoms with Crippen molar-refractivity contribution in [3.05, 3.63) is 23.3 Å². The van der Waals surface area contributed by atoms with Gasteiger partial charge in [0.2, 0.25) is 0 Å². The molecule has 0 saturated carbocycles. The first-order chi connectivity index (χ1) is 6.49. The molecule has 3 N–H and O–H groups in total. The summed E-state index contributed by atoms with van der Waals surface area (Å²) in [5, 5.41) is 9.06. The number of rotatable bonds is 1. The molecule has 1 aromatic carbocycles. The summed E-state index contributed by atoms with van der Waals surface area (Å²) < 4.78 is 30.0. The third kappa shape index (κ3) is 1.46. The van der Waals surface area contributed by atoms with Gasteiger partial charge in [0.25, 0.3) is 0 Å². The molecule has 0 unspecified atom stereocenters. The Labute approximate surface area is 77.9 Å². The summed E-state index contributed by atoms with van der Waals surface area (Å²) >= 11 is 0. The number of phenolic OH excluding ortho intramolecular Hbond substituents is 1. The minimum atomic E-state index is -1.32. The van der Waals surface area contributed by atoms with E-state index in [0.717, 1.165) is 7.11 Å². The molecule has 76 valence electrons. The Kier molecular flexibility index (Phi) is 2.55.